The van der Waals surface area contributed by atoms with Crippen LogP contribution in [0.5, 0.6) is 11.5 Å². The van der Waals surface area contributed by atoms with Gasteiger partial charge in [-0.05, 0) is 97.8 Å². The Morgan fingerprint density at radius 1 is 0.829 bits per heavy atom. The number of hydrogen-bond acceptors (Lipinski definition) is 12. The molecule has 1 N–H and O–H groups in total. The Morgan fingerprint density at radius 2 is 1.39 bits per heavy atom. The van der Waals surface area contributed by atoms with Crippen molar-refractivity contribution in [1.29, 1.82) is 5.26 Å². The van der Waals surface area contributed by atoms with E-state index in [1.165, 1.54) is 4.57 Å². The molecule has 0 saturated carbocycles. The molecule has 6 aromatic rings. The van der Waals surface area contributed by atoms with E-state index in [1.807, 2.05) is 103 Å². The molecule has 1 aliphatic heterocycles. The Kier molecular flexibility index (Phi) is 16.1. The van der Waals surface area contributed by atoms with Gasteiger partial charge in [-0.2, -0.15) is 10.2 Å². The van der Waals surface area contributed by atoms with Crippen molar-refractivity contribution in [1.82, 2.24) is 14.2 Å². The number of aromatic nitrogens is 2. The number of nitrogens with zero attached hydrogens (tertiary/aromatic N) is 4. The number of methoxy groups -OCH3 is 2. The molecule has 14 nitrogen and oxygen atoms in total. The van der Waals surface area contributed by atoms with E-state index < -0.39 is 44.3 Å². The van der Waals surface area contributed by atoms with Crippen molar-refractivity contribution in [3.05, 3.63) is 177 Å². The molecule has 15 heteroatoms. The molecule has 1 amide bonds. The average Bonchev–Trinajstić information content (AvgIpc) is 3.92. The second-order valence-electron chi connectivity index (χ2n) is 17.8. The smallest absolute Gasteiger partial charge is 0.412 e. The number of fused-ring (bicyclic) bond motifs is 3. The molecular formula is C55H60N5O9P. The summed E-state index contributed by atoms with van der Waals surface area (Å²) in [5.41, 5.74) is 5.64. The quantitative estimate of drug-likeness (QED) is 0.0440. The first-order chi connectivity index (χ1) is 33.9. The van der Waals surface area contributed by atoms with Crippen LogP contribution in [0.2, 0.25) is 0 Å². The summed E-state index contributed by atoms with van der Waals surface area (Å²) >= 11 is 0. The Balaban J connectivity index is 1.10. The number of anilines is 1. The Hall–Kier alpha value is -6.43. The van der Waals surface area contributed by atoms with Crippen molar-refractivity contribution in [3.63, 3.8) is 0 Å². The highest BCUT2D eigenvalue weighted by atomic mass is 31.2. The third-order valence-corrected chi connectivity index (χ3v) is 14.9. The molecule has 364 valence electrons. The van der Waals surface area contributed by atoms with Gasteiger partial charge in [0.05, 0.1) is 46.0 Å². The van der Waals surface area contributed by atoms with Gasteiger partial charge in [-0.3, -0.25) is 9.88 Å². The largest absolute Gasteiger partial charge is 0.497 e. The third-order valence-electron chi connectivity index (χ3n) is 12.7. The summed E-state index contributed by atoms with van der Waals surface area (Å²) in [5, 5.41) is 12.2. The number of carbonyl (C=O) groups is 1. The standard InChI is InChI=1S/C55H60N5O9P/c1-36(2)60(37(3)4)70(67-31-15-30-56)69-49-32-51(59-33-38(5)52(57-53(59)61)58-54(62)65-34-48-46-20-13-11-18-44(46)45-19-12-14-21-47(45)48)68-50(49)35-66-55(39-16-9-8-10-17-39,40-22-26-42(63-6)27-23-40)41-24-28-43(64-7)29-25-41/h8-14,16-29,33,36-37,48-51H,15,31-32,34-35H2,1-7H3,(H,57,58,61,62). The normalized spacial score (nSPS) is 17.0. The molecule has 5 aromatic carbocycles. The zero-order valence-electron chi connectivity index (χ0n) is 40.6. The summed E-state index contributed by atoms with van der Waals surface area (Å²) in [6.45, 7) is 10.3. The lowest BCUT2D eigenvalue weighted by Gasteiger charge is -2.39. The number of nitriles is 1. The second kappa shape index (κ2) is 22.5. The molecule has 0 bridgehead atoms. The summed E-state index contributed by atoms with van der Waals surface area (Å²) in [7, 11) is 1.52. The van der Waals surface area contributed by atoms with E-state index in [-0.39, 0.29) is 56.5 Å². The Morgan fingerprint density at radius 3 is 1.94 bits per heavy atom. The minimum absolute atomic E-state index is 0.00142. The zero-order chi connectivity index (χ0) is 49.4. The van der Waals surface area contributed by atoms with Gasteiger partial charge in [0, 0.05) is 36.2 Å². The maximum absolute atomic E-state index is 14.1. The van der Waals surface area contributed by atoms with Gasteiger partial charge in [-0.25, -0.2) is 14.3 Å². The van der Waals surface area contributed by atoms with Crippen LogP contribution in [0, 0.1) is 18.3 Å². The second-order valence-corrected chi connectivity index (χ2v) is 19.2. The predicted octanol–water partition coefficient (Wildman–Crippen LogP) is 10.9. The molecule has 2 aliphatic rings. The molecule has 70 heavy (non-hydrogen) atoms. The van der Waals surface area contributed by atoms with E-state index in [1.54, 1.807) is 27.3 Å². The SMILES string of the molecule is COc1ccc(C(OCC2OC(n3cc(C)c(NC(=O)OCC4c5ccccc5-c5ccccc54)nc3=O)CC2OP(OCCC#N)N(C(C)C)C(C)C)(c2ccccc2)c2ccc(OC)cc2)cc1. The number of hydrogen-bond donors (Lipinski definition) is 1. The predicted molar refractivity (Wildman–Crippen MR) is 269 cm³/mol. The highest BCUT2D eigenvalue weighted by molar-refractivity contribution is 7.44. The molecule has 0 spiro atoms. The molecule has 8 rings (SSSR count). The molecule has 4 unspecified atom stereocenters. The molecule has 1 fully saturated rings. The summed E-state index contributed by atoms with van der Waals surface area (Å²) in [4.78, 5) is 31.8. The lowest BCUT2D eigenvalue weighted by atomic mass is 9.80. The summed E-state index contributed by atoms with van der Waals surface area (Å²) < 4.78 is 48.1. The maximum atomic E-state index is 14.1. The van der Waals surface area contributed by atoms with Crippen molar-refractivity contribution in [2.45, 2.75) is 89.5 Å². The minimum Gasteiger partial charge on any atom is -0.497 e. The highest BCUT2D eigenvalue weighted by Crippen LogP contribution is 2.51. The molecule has 1 saturated heterocycles. The van der Waals surface area contributed by atoms with E-state index in [4.69, 9.17) is 32.7 Å². The van der Waals surface area contributed by atoms with Crippen molar-refractivity contribution in [3.8, 4) is 28.7 Å². The maximum Gasteiger partial charge on any atom is 0.412 e. The Bertz CT molecular complexity index is 2720. The van der Waals surface area contributed by atoms with Crippen LogP contribution >= 0.6 is 8.53 Å². The van der Waals surface area contributed by atoms with Gasteiger partial charge in [-0.1, -0.05) is 103 Å². The monoisotopic (exact) mass is 965 g/mol. The van der Waals surface area contributed by atoms with Crippen LogP contribution in [-0.2, 0) is 28.9 Å². The topological polar surface area (TPSA) is 156 Å². The first-order valence-corrected chi connectivity index (χ1v) is 24.7. The molecule has 1 aromatic heterocycles. The van der Waals surface area contributed by atoms with Crippen LogP contribution in [-0.4, -0.2) is 78.6 Å². The molecule has 4 atom stereocenters. The highest BCUT2D eigenvalue weighted by Gasteiger charge is 2.45. The number of nitrogens with one attached hydrogen (secondary N) is 1. The fourth-order valence-electron chi connectivity index (χ4n) is 9.45. The van der Waals surface area contributed by atoms with Crippen LogP contribution in [0.4, 0.5) is 10.6 Å². The van der Waals surface area contributed by atoms with Crippen molar-refractivity contribution < 1.29 is 37.5 Å². The molecule has 1 aliphatic carbocycles. The van der Waals surface area contributed by atoms with Gasteiger partial charge in [-0.15, -0.1) is 0 Å². The summed E-state index contributed by atoms with van der Waals surface area (Å²) in [6.07, 6.45) is -0.951. The van der Waals surface area contributed by atoms with Crippen LogP contribution in [0.25, 0.3) is 11.1 Å². The molecule has 2 heterocycles. The number of benzene rings is 5. The van der Waals surface area contributed by atoms with E-state index in [0.717, 1.165) is 38.9 Å². The number of carbonyl (C=O) groups excluding carboxylic acids is 1. The Labute approximate surface area is 411 Å². The van der Waals surface area contributed by atoms with Gasteiger partial charge in [0.2, 0.25) is 0 Å². The van der Waals surface area contributed by atoms with E-state index in [0.29, 0.717) is 17.1 Å². The lowest BCUT2D eigenvalue weighted by Crippen LogP contribution is -2.39. The van der Waals surface area contributed by atoms with Crippen LogP contribution < -0.4 is 20.5 Å². The van der Waals surface area contributed by atoms with Crippen LogP contribution in [0.1, 0.15) is 86.1 Å². The fourth-order valence-corrected chi connectivity index (χ4v) is 11.2. The van der Waals surface area contributed by atoms with E-state index in [2.05, 4.69) is 73.0 Å². The van der Waals surface area contributed by atoms with Gasteiger partial charge in [0.25, 0.3) is 8.53 Å². The number of aryl methyl sites for hydroxylation is 1. The number of rotatable bonds is 20. The van der Waals surface area contributed by atoms with Gasteiger partial charge >= 0.3 is 11.8 Å². The average molecular weight is 966 g/mol. The fraction of sp³-hybridized carbons (Fsp3) is 0.345. The third kappa shape index (κ3) is 10.7. The number of amides is 1. The van der Waals surface area contributed by atoms with Crippen LogP contribution in [0.15, 0.2) is 138 Å². The van der Waals surface area contributed by atoms with Crippen molar-refractivity contribution in [2.75, 3.05) is 39.4 Å². The zero-order valence-corrected chi connectivity index (χ0v) is 41.5. The lowest BCUT2D eigenvalue weighted by molar-refractivity contribution is -0.0925. The molecular weight excluding hydrogens is 906 g/mol. The van der Waals surface area contributed by atoms with Crippen molar-refractivity contribution >= 4 is 20.4 Å². The van der Waals surface area contributed by atoms with E-state index >= 15 is 0 Å². The van der Waals surface area contributed by atoms with Crippen LogP contribution in [0.3, 0.4) is 0 Å². The summed E-state index contributed by atoms with van der Waals surface area (Å²) in [6, 6.07) is 44.0. The minimum atomic E-state index is -1.73. The van der Waals surface area contributed by atoms with Gasteiger partial charge in [0.15, 0.2) is 0 Å². The van der Waals surface area contributed by atoms with Crippen molar-refractivity contribution in [2.24, 2.45) is 0 Å². The van der Waals surface area contributed by atoms with Gasteiger partial charge in [0.1, 0.15) is 41.9 Å². The number of ether oxygens (including phenoxy) is 5. The first kappa shape index (κ1) is 50.0. The summed E-state index contributed by atoms with van der Waals surface area (Å²) in [5.74, 6) is 1.32. The first-order valence-electron chi connectivity index (χ1n) is 23.6. The van der Waals surface area contributed by atoms with Gasteiger partial charge < -0.3 is 32.7 Å². The molecule has 0 radical (unpaired) electrons. The van der Waals surface area contributed by atoms with E-state index in [9.17, 15) is 14.9 Å².